The van der Waals surface area contributed by atoms with Crippen LogP contribution in [0.2, 0.25) is 0 Å². The van der Waals surface area contributed by atoms with Gasteiger partial charge < -0.3 is 11.1 Å². The normalized spacial score (nSPS) is 21.2. The molecule has 1 aromatic carbocycles. The molecule has 3 N–H and O–H groups in total. The van der Waals surface area contributed by atoms with Crippen LogP contribution in [0.4, 0.5) is 0 Å². The van der Waals surface area contributed by atoms with Gasteiger partial charge >= 0.3 is 0 Å². The summed E-state index contributed by atoms with van der Waals surface area (Å²) >= 11 is 0. The number of amides is 1. The Morgan fingerprint density at radius 1 is 1.28 bits per heavy atom. The van der Waals surface area contributed by atoms with E-state index in [2.05, 4.69) is 17.4 Å². The Balaban J connectivity index is 1.56. The van der Waals surface area contributed by atoms with Crippen LogP contribution in [0, 0.1) is 5.92 Å². The minimum atomic E-state index is -0.124. The number of carbonyl (C=O) groups excluding carboxylic acids is 1. The van der Waals surface area contributed by atoms with Crippen molar-refractivity contribution in [2.24, 2.45) is 11.7 Å². The molecule has 3 nitrogen and oxygen atoms in total. The Kier molecular flexibility index (Phi) is 2.86. The van der Waals surface area contributed by atoms with Gasteiger partial charge in [0.1, 0.15) is 0 Å². The molecule has 3 rings (SSSR count). The zero-order valence-electron chi connectivity index (χ0n) is 10.6. The fourth-order valence-corrected chi connectivity index (χ4v) is 2.96. The van der Waals surface area contributed by atoms with Crippen LogP contribution in [0.3, 0.4) is 0 Å². The third-order valence-electron chi connectivity index (χ3n) is 4.39. The van der Waals surface area contributed by atoms with E-state index in [1.807, 2.05) is 12.1 Å². The molecule has 1 fully saturated rings. The van der Waals surface area contributed by atoms with Crippen LogP contribution in [-0.4, -0.2) is 18.0 Å². The van der Waals surface area contributed by atoms with Gasteiger partial charge in [-0.1, -0.05) is 24.3 Å². The van der Waals surface area contributed by atoms with Crippen LogP contribution in [0.25, 0.3) is 0 Å². The van der Waals surface area contributed by atoms with Gasteiger partial charge in [-0.2, -0.15) is 0 Å². The quantitative estimate of drug-likeness (QED) is 0.844. The van der Waals surface area contributed by atoms with Gasteiger partial charge in [0.2, 0.25) is 5.91 Å². The molecule has 2 aliphatic carbocycles. The molecule has 96 valence electrons. The molecule has 0 radical (unpaired) electrons. The van der Waals surface area contributed by atoms with E-state index in [1.54, 1.807) is 0 Å². The molecule has 1 amide bonds. The summed E-state index contributed by atoms with van der Waals surface area (Å²) in [5, 5.41) is 3.04. The Bertz CT molecular complexity index is 440. The smallest absolute Gasteiger partial charge is 0.223 e. The lowest BCUT2D eigenvalue weighted by atomic mass is 9.77. The van der Waals surface area contributed by atoms with Crippen LogP contribution in [0.1, 0.15) is 30.4 Å². The van der Waals surface area contributed by atoms with Crippen molar-refractivity contribution in [2.45, 2.75) is 37.6 Å². The van der Waals surface area contributed by atoms with Gasteiger partial charge in [-0.05, 0) is 43.2 Å². The van der Waals surface area contributed by atoms with E-state index < -0.39 is 0 Å². The average molecular weight is 244 g/mol. The van der Waals surface area contributed by atoms with Crippen LogP contribution < -0.4 is 11.1 Å². The summed E-state index contributed by atoms with van der Waals surface area (Å²) in [7, 11) is 0. The Morgan fingerprint density at radius 3 is 2.39 bits per heavy atom. The maximum absolute atomic E-state index is 12.1. The predicted molar refractivity (Wildman–Crippen MR) is 71.1 cm³/mol. The maximum Gasteiger partial charge on any atom is 0.223 e. The fourth-order valence-electron chi connectivity index (χ4n) is 2.96. The number of carbonyl (C=O) groups is 1. The molecule has 1 saturated carbocycles. The van der Waals surface area contributed by atoms with Gasteiger partial charge in [0.15, 0.2) is 0 Å². The second-order valence-electron chi connectivity index (χ2n) is 5.81. The number of hydrogen-bond acceptors (Lipinski definition) is 2. The van der Waals surface area contributed by atoms with Crippen LogP contribution in [-0.2, 0) is 17.6 Å². The standard InChI is InChI=1S/C15H20N2O/c16-15(6-3-7-15)10-17-14(18)13-8-11-4-1-2-5-12(11)9-13/h1-2,4-5,13H,3,6-10,16H2,(H,17,18). The van der Waals surface area contributed by atoms with Crippen molar-refractivity contribution >= 4 is 5.91 Å². The molecular weight excluding hydrogens is 224 g/mol. The van der Waals surface area contributed by atoms with E-state index in [0.717, 1.165) is 25.7 Å². The molecule has 2 aliphatic rings. The zero-order chi connectivity index (χ0) is 12.6. The van der Waals surface area contributed by atoms with E-state index in [0.29, 0.717) is 6.54 Å². The minimum Gasteiger partial charge on any atom is -0.354 e. The number of rotatable bonds is 3. The number of hydrogen-bond donors (Lipinski definition) is 2. The lowest BCUT2D eigenvalue weighted by molar-refractivity contribution is -0.125. The van der Waals surface area contributed by atoms with Crippen LogP contribution >= 0.6 is 0 Å². The first-order valence-corrected chi connectivity index (χ1v) is 6.80. The molecule has 0 aliphatic heterocycles. The summed E-state index contributed by atoms with van der Waals surface area (Å²) in [5.41, 5.74) is 8.64. The number of nitrogens with two attached hydrogens (primary N) is 1. The van der Waals surface area contributed by atoms with Gasteiger partial charge in [0.25, 0.3) is 0 Å². The van der Waals surface area contributed by atoms with Crippen molar-refractivity contribution in [2.75, 3.05) is 6.54 Å². The summed E-state index contributed by atoms with van der Waals surface area (Å²) in [4.78, 5) is 12.1. The van der Waals surface area contributed by atoms with Crippen molar-refractivity contribution < 1.29 is 4.79 Å². The summed E-state index contributed by atoms with van der Waals surface area (Å²) in [6, 6.07) is 8.34. The van der Waals surface area contributed by atoms with Gasteiger partial charge in [-0.3, -0.25) is 4.79 Å². The molecule has 0 heterocycles. The first kappa shape index (κ1) is 11.7. The van der Waals surface area contributed by atoms with Crippen LogP contribution in [0.5, 0.6) is 0 Å². The topological polar surface area (TPSA) is 55.1 Å². The van der Waals surface area contributed by atoms with Crippen molar-refractivity contribution in [3.8, 4) is 0 Å². The lowest BCUT2D eigenvalue weighted by Crippen LogP contribution is -2.55. The summed E-state index contributed by atoms with van der Waals surface area (Å²) < 4.78 is 0. The molecule has 0 atom stereocenters. The summed E-state index contributed by atoms with van der Waals surface area (Å²) in [5.74, 6) is 0.272. The predicted octanol–water partition coefficient (Wildman–Crippen LogP) is 1.40. The third kappa shape index (κ3) is 2.15. The fraction of sp³-hybridized carbons (Fsp3) is 0.533. The molecule has 0 aromatic heterocycles. The Labute approximate surface area is 108 Å². The lowest BCUT2D eigenvalue weighted by Gasteiger charge is -2.38. The first-order chi connectivity index (χ1) is 8.66. The maximum atomic E-state index is 12.1. The number of fused-ring (bicyclic) bond motifs is 1. The van der Waals surface area contributed by atoms with Crippen molar-refractivity contribution in [3.63, 3.8) is 0 Å². The summed E-state index contributed by atoms with van der Waals surface area (Å²) in [6.07, 6.45) is 5.02. The SMILES string of the molecule is NC1(CNC(=O)C2Cc3ccccc3C2)CCC1. The number of nitrogens with one attached hydrogen (secondary N) is 1. The summed E-state index contributed by atoms with van der Waals surface area (Å²) in [6.45, 7) is 0.638. The number of benzene rings is 1. The molecule has 0 unspecified atom stereocenters. The molecule has 0 bridgehead atoms. The van der Waals surface area contributed by atoms with E-state index >= 15 is 0 Å². The Hall–Kier alpha value is -1.35. The molecule has 0 saturated heterocycles. The third-order valence-corrected chi connectivity index (χ3v) is 4.39. The highest BCUT2D eigenvalue weighted by Gasteiger charge is 2.34. The molecule has 3 heteroatoms. The van der Waals surface area contributed by atoms with Crippen LogP contribution in [0.15, 0.2) is 24.3 Å². The van der Waals surface area contributed by atoms with Crippen molar-refractivity contribution in [3.05, 3.63) is 35.4 Å². The molecule has 0 spiro atoms. The Morgan fingerprint density at radius 2 is 1.89 bits per heavy atom. The van der Waals surface area contributed by atoms with Gasteiger partial charge in [0, 0.05) is 18.0 Å². The second-order valence-corrected chi connectivity index (χ2v) is 5.81. The van der Waals surface area contributed by atoms with E-state index in [1.165, 1.54) is 17.5 Å². The van der Waals surface area contributed by atoms with E-state index in [-0.39, 0.29) is 17.4 Å². The van der Waals surface area contributed by atoms with E-state index in [4.69, 9.17) is 5.73 Å². The second kappa shape index (κ2) is 4.39. The van der Waals surface area contributed by atoms with Gasteiger partial charge in [0.05, 0.1) is 0 Å². The minimum absolute atomic E-state index is 0.103. The highest BCUT2D eigenvalue weighted by molar-refractivity contribution is 5.80. The molecule has 18 heavy (non-hydrogen) atoms. The molecule has 1 aromatic rings. The van der Waals surface area contributed by atoms with Crippen molar-refractivity contribution in [1.29, 1.82) is 0 Å². The van der Waals surface area contributed by atoms with Crippen molar-refractivity contribution in [1.82, 2.24) is 5.32 Å². The zero-order valence-corrected chi connectivity index (χ0v) is 10.6. The van der Waals surface area contributed by atoms with Gasteiger partial charge in [-0.15, -0.1) is 0 Å². The van der Waals surface area contributed by atoms with Gasteiger partial charge in [-0.25, -0.2) is 0 Å². The first-order valence-electron chi connectivity index (χ1n) is 6.80. The van der Waals surface area contributed by atoms with E-state index in [9.17, 15) is 4.79 Å². The molecular formula is C15H20N2O. The average Bonchev–Trinajstić information content (AvgIpc) is 2.77. The highest BCUT2D eigenvalue weighted by Crippen LogP contribution is 2.29. The monoisotopic (exact) mass is 244 g/mol. The highest BCUT2D eigenvalue weighted by atomic mass is 16.1. The largest absolute Gasteiger partial charge is 0.354 e.